The van der Waals surface area contributed by atoms with E-state index in [1.165, 1.54) is 12.8 Å². The molecule has 0 saturated carbocycles. The van der Waals surface area contributed by atoms with Crippen LogP contribution >= 0.6 is 0 Å². The van der Waals surface area contributed by atoms with Crippen molar-refractivity contribution in [3.8, 4) is 11.5 Å². The van der Waals surface area contributed by atoms with E-state index in [0.29, 0.717) is 0 Å². The lowest BCUT2D eigenvalue weighted by Crippen LogP contribution is -2.49. The number of hydrogen-bond acceptors (Lipinski definition) is 3. The molecule has 0 aliphatic carbocycles. The molecule has 0 radical (unpaired) electrons. The van der Waals surface area contributed by atoms with Gasteiger partial charge in [0.15, 0.2) is 0 Å². The van der Waals surface area contributed by atoms with Gasteiger partial charge in [-0.05, 0) is 18.6 Å². The molecule has 0 aromatic heterocycles. The molecule has 0 saturated heterocycles. The smallest absolute Gasteiger partial charge is 0.335 e. The van der Waals surface area contributed by atoms with E-state index in [1.807, 2.05) is 0 Å². The number of carboxylic acid groups (broad SMARTS) is 1. The molecular weight excluding hydrogens is 210 g/mol. The van der Waals surface area contributed by atoms with Gasteiger partial charge in [0, 0.05) is 0 Å². The van der Waals surface area contributed by atoms with E-state index < -0.39 is 17.3 Å². The third kappa shape index (κ3) is 5.21. The molecule has 1 aromatic rings. The van der Waals surface area contributed by atoms with Crippen LogP contribution in [0, 0.1) is 0 Å². The Morgan fingerprint density at radius 1 is 1.50 bits per heavy atom. The molecule has 0 aliphatic heterocycles. The van der Waals surface area contributed by atoms with E-state index in [9.17, 15) is 9.90 Å². The van der Waals surface area contributed by atoms with Crippen molar-refractivity contribution in [2.75, 3.05) is 6.54 Å². The van der Waals surface area contributed by atoms with Gasteiger partial charge in [-0.15, -0.1) is 0 Å². The monoisotopic (exact) mass is 227 g/mol. The number of benzene rings is 1. The molecule has 0 aliphatic rings. The standard InChI is InChI=1S/C7H6O4.C4H11N/c8-4-1-2-6(9)5(3-4)7(10)11;1-2-3-4-5/h1-3,8-9H,(H,10,11);2-5H2,1H3. The average Bonchev–Trinajstić information content (AvgIpc) is 2.23. The topological polar surface area (TPSA) is 108 Å². The molecular formula is C11H17NO4. The van der Waals surface area contributed by atoms with Gasteiger partial charge in [0.1, 0.15) is 5.75 Å². The highest BCUT2D eigenvalue weighted by Crippen LogP contribution is 2.19. The minimum atomic E-state index is -1.33. The van der Waals surface area contributed by atoms with Crippen LogP contribution in [0.3, 0.4) is 0 Å². The van der Waals surface area contributed by atoms with Crippen molar-refractivity contribution in [3.05, 3.63) is 23.8 Å². The summed E-state index contributed by atoms with van der Waals surface area (Å²) in [5.74, 6) is -2.15. The van der Waals surface area contributed by atoms with Gasteiger partial charge in [0.05, 0.1) is 12.1 Å². The number of unbranched alkanes of at least 4 members (excludes halogenated alkanes) is 1. The third-order valence-electron chi connectivity index (χ3n) is 1.80. The summed E-state index contributed by atoms with van der Waals surface area (Å²) >= 11 is 0. The molecule has 1 rings (SSSR count). The third-order valence-corrected chi connectivity index (χ3v) is 1.80. The van der Waals surface area contributed by atoms with Crippen LogP contribution in [0.4, 0.5) is 0 Å². The van der Waals surface area contributed by atoms with Crippen molar-refractivity contribution in [2.24, 2.45) is 0 Å². The van der Waals surface area contributed by atoms with Gasteiger partial charge in [-0.25, -0.2) is 4.79 Å². The van der Waals surface area contributed by atoms with Gasteiger partial charge >= 0.3 is 5.97 Å². The molecule has 5 nitrogen and oxygen atoms in total. The van der Waals surface area contributed by atoms with Crippen LogP contribution in [0.5, 0.6) is 11.5 Å². The van der Waals surface area contributed by atoms with E-state index in [2.05, 4.69) is 12.7 Å². The maximum absolute atomic E-state index is 10.7. The predicted octanol–water partition coefficient (Wildman–Crippen LogP) is 0.192. The minimum Gasteiger partial charge on any atom is -0.872 e. The summed E-state index contributed by atoms with van der Waals surface area (Å²) in [6, 6.07) is 3.08. The number of phenols is 1. The van der Waals surface area contributed by atoms with Gasteiger partial charge in [0.2, 0.25) is 0 Å². The van der Waals surface area contributed by atoms with Crippen LogP contribution in [0.25, 0.3) is 0 Å². The number of hydrogen-bond donors (Lipinski definition) is 3. The molecule has 1 aromatic carbocycles. The van der Waals surface area contributed by atoms with Crippen molar-refractivity contribution in [1.82, 2.24) is 0 Å². The molecule has 0 unspecified atom stereocenters. The summed E-state index contributed by atoms with van der Waals surface area (Å²) in [4.78, 5) is 10.3. The second-order valence-electron chi connectivity index (χ2n) is 3.19. The van der Waals surface area contributed by atoms with Crippen LogP contribution in [0.2, 0.25) is 0 Å². The Balaban J connectivity index is 0.000000385. The van der Waals surface area contributed by atoms with Crippen molar-refractivity contribution < 1.29 is 25.8 Å². The van der Waals surface area contributed by atoms with Crippen molar-refractivity contribution in [2.45, 2.75) is 19.8 Å². The fourth-order valence-electron chi connectivity index (χ4n) is 0.935. The van der Waals surface area contributed by atoms with Crippen LogP contribution in [0.15, 0.2) is 18.2 Å². The van der Waals surface area contributed by atoms with Crippen molar-refractivity contribution in [3.63, 3.8) is 0 Å². The Bertz CT molecular complexity index is 337. The average molecular weight is 227 g/mol. The highest BCUT2D eigenvalue weighted by Gasteiger charge is 2.03. The van der Waals surface area contributed by atoms with Gasteiger partial charge in [0.25, 0.3) is 0 Å². The molecule has 0 fully saturated rings. The number of carboxylic acids is 1. The Morgan fingerprint density at radius 2 is 2.12 bits per heavy atom. The largest absolute Gasteiger partial charge is 0.872 e. The van der Waals surface area contributed by atoms with Crippen LogP contribution in [0.1, 0.15) is 30.1 Å². The Hall–Kier alpha value is -1.75. The van der Waals surface area contributed by atoms with E-state index in [1.54, 1.807) is 0 Å². The molecule has 0 amide bonds. The number of aromatic carboxylic acids is 1. The number of quaternary nitrogens is 1. The predicted molar refractivity (Wildman–Crippen MR) is 57.2 cm³/mol. The van der Waals surface area contributed by atoms with Crippen LogP contribution in [-0.4, -0.2) is 22.7 Å². The van der Waals surface area contributed by atoms with Crippen LogP contribution in [-0.2, 0) is 0 Å². The summed E-state index contributed by atoms with van der Waals surface area (Å²) in [5.41, 5.74) is 3.26. The second-order valence-corrected chi connectivity index (χ2v) is 3.19. The quantitative estimate of drug-likeness (QED) is 0.685. The van der Waals surface area contributed by atoms with Crippen LogP contribution < -0.4 is 10.8 Å². The first kappa shape index (κ1) is 14.2. The number of rotatable bonds is 3. The van der Waals surface area contributed by atoms with E-state index in [4.69, 9.17) is 10.2 Å². The first-order valence-corrected chi connectivity index (χ1v) is 5.05. The van der Waals surface area contributed by atoms with Gasteiger partial charge in [-0.2, -0.15) is 0 Å². The second kappa shape index (κ2) is 7.53. The maximum atomic E-state index is 10.7. The minimum absolute atomic E-state index is 0.220. The Morgan fingerprint density at radius 3 is 2.44 bits per heavy atom. The molecule has 0 spiro atoms. The lowest BCUT2D eigenvalue weighted by molar-refractivity contribution is -0.368. The summed E-state index contributed by atoms with van der Waals surface area (Å²) in [6.07, 6.45) is 2.56. The first-order valence-electron chi connectivity index (χ1n) is 5.05. The van der Waals surface area contributed by atoms with E-state index in [-0.39, 0.29) is 5.75 Å². The summed E-state index contributed by atoms with van der Waals surface area (Å²) in [7, 11) is 0. The zero-order valence-electron chi connectivity index (χ0n) is 9.27. The molecule has 90 valence electrons. The molecule has 5 heteroatoms. The number of carbonyl (C=O) groups is 1. The zero-order valence-corrected chi connectivity index (χ0v) is 9.27. The summed E-state index contributed by atoms with van der Waals surface area (Å²) < 4.78 is 0. The van der Waals surface area contributed by atoms with Gasteiger partial charge < -0.3 is 21.1 Å². The van der Waals surface area contributed by atoms with Crippen molar-refractivity contribution in [1.29, 1.82) is 0 Å². The Labute approximate surface area is 94.1 Å². The van der Waals surface area contributed by atoms with Gasteiger partial charge in [-0.3, -0.25) is 0 Å². The normalized spacial score (nSPS) is 9.12. The SMILES string of the molecule is CCCC[NH3+].O=C(O)c1cc(O)ccc1[O-]. The van der Waals surface area contributed by atoms with E-state index in [0.717, 1.165) is 24.7 Å². The fourth-order valence-corrected chi connectivity index (χ4v) is 0.935. The highest BCUT2D eigenvalue weighted by atomic mass is 16.4. The lowest BCUT2D eigenvalue weighted by Gasteiger charge is -2.08. The fraction of sp³-hybridized carbons (Fsp3) is 0.364. The first-order chi connectivity index (χ1) is 7.52. The Kier molecular flexibility index (Phi) is 6.71. The van der Waals surface area contributed by atoms with Gasteiger partial charge in [-0.1, -0.05) is 25.2 Å². The summed E-state index contributed by atoms with van der Waals surface area (Å²) in [5, 5.41) is 27.9. The van der Waals surface area contributed by atoms with Crippen molar-refractivity contribution >= 4 is 5.97 Å². The summed E-state index contributed by atoms with van der Waals surface area (Å²) in [6.45, 7) is 3.27. The lowest BCUT2D eigenvalue weighted by atomic mass is 10.2. The molecule has 16 heavy (non-hydrogen) atoms. The zero-order chi connectivity index (χ0) is 12.6. The molecule has 5 N–H and O–H groups in total. The highest BCUT2D eigenvalue weighted by molar-refractivity contribution is 5.90. The van der Waals surface area contributed by atoms with E-state index >= 15 is 0 Å². The maximum Gasteiger partial charge on any atom is 0.335 e. The number of phenolic OH excluding ortho intramolecular Hbond substituents is 1. The molecule has 0 atom stereocenters. The molecule has 0 heterocycles. The number of aromatic hydroxyl groups is 1. The molecule has 0 bridgehead atoms.